The molecule has 1 saturated carbocycles. The Morgan fingerprint density at radius 2 is 2.05 bits per heavy atom. The SMILES string of the molecule is CNC1C(CN2CCS(=O)(=O)CC2C)CCCC1(C)C. The van der Waals surface area contributed by atoms with Gasteiger partial charge in [0.05, 0.1) is 11.5 Å². The van der Waals surface area contributed by atoms with Gasteiger partial charge in [0, 0.05) is 25.2 Å². The van der Waals surface area contributed by atoms with Gasteiger partial charge < -0.3 is 5.32 Å². The van der Waals surface area contributed by atoms with E-state index in [4.69, 9.17) is 0 Å². The summed E-state index contributed by atoms with van der Waals surface area (Å²) in [6, 6.07) is 0.693. The first-order chi connectivity index (χ1) is 9.25. The minimum atomic E-state index is -2.80. The van der Waals surface area contributed by atoms with Gasteiger partial charge in [0.15, 0.2) is 9.84 Å². The van der Waals surface area contributed by atoms with Gasteiger partial charge in [-0.15, -0.1) is 0 Å². The summed E-state index contributed by atoms with van der Waals surface area (Å²) in [6.45, 7) is 8.50. The van der Waals surface area contributed by atoms with Crippen LogP contribution in [-0.4, -0.2) is 57.0 Å². The highest BCUT2D eigenvalue weighted by Crippen LogP contribution is 2.39. The van der Waals surface area contributed by atoms with E-state index in [1.807, 2.05) is 0 Å². The maximum atomic E-state index is 11.7. The predicted molar refractivity (Wildman–Crippen MR) is 83.7 cm³/mol. The molecule has 2 rings (SSSR count). The monoisotopic (exact) mass is 302 g/mol. The Hall–Kier alpha value is -0.130. The minimum absolute atomic E-state index is 0.163. The van der Waals surface area contributed by atoms with E-state index < -0.39 is 9.84 Å². The van der Waals surface area contributed by atoms with Crippen molar-refractivity contribution in [3.8, 4) is 0 Å². The smallest absolute Gasteiger partial charge is 0.153 e. The molecular weight excluding hydrogens is 272 g/mol. The van der Waals surface area contributed by atoms with Crippen molar-refractivity contribution in [2.75, 3.05) is 31.6 Å². The van der Waals surface area contributed by atoms with Crippen LogP contribution < -0.4 is 5.32 Å². The molecule has 1 heterocycles. The van der Waals surface area contributed by atoms with E-state index in [0.717, 1.165) is 6.54 Å². The summed E-state index contributed by atoms with van der Waals surface area (Å²) in [4.78, 5) is 2.39. The van der Waals surface area contributed by atoms with Gasteiger partial charge in [-0.25, -0.2) is 8.42 Å². The Kier molecular flexibility index (Phi) is 4.82. The molecule has 118 valence electrons. The molecule has 0 bridgehead atoms. The number of rotatable bonds is 3. The van der Waals surface area contributed by atoms with Crippen LogP contribution in [0.25, 0.3) is 0 Å². The lowest BCUT2D eigenvalue weighted by Gasteiger charge is -2.46. The molecule has 3 atom stereocenters. The third kappa shape index (κ3) is 3.55. The quantitative estimate of drug-likeness (QED) is 0.859. The van der Waals surface area contributed by atoms with Gasteiger partial charge in [-0.1, -0.05) is 20.3 Å². The van der Waals surface area contributed by atoms with Crippen molar-refractivity contribution in [3.05, 3.63) is 0 Å². The summed E-state index contributed by atoms with van der Waals surface area (Å²) in [7, 11) is -0.741. The van der Waals surface area contributed by atoms with E-state index in [1.54, 1.807) is 0 Å². The molecule has 1 N–H and O–H groups in total. The van der Waals surface area contributed by atoms with E-state index in [9.17, 15) is 8.42 Å². The van der Waals surface area contributed by atoms with Crippen molar-refractivity contribution in [1.82, 2.24) is 10.2 Å². The Balaban J connectivity index is 2.02. The molecule has 5 heteroatoms. The fraction of sp³-hybridized carbons (Fsp3) is 1.00. The van der Waals surface area contributed by atoms with Crippen molar-refractivity contribution in [3.63, 3.8) is 0 Å². The molecule has 0 aromatic carbocycles. The summed E-state index contributed by atoms with van der Waals surface area (Å²) in [5.41, 5.74) is 0.336. The molecular formula is C15H30N2O2S. The van der Waals surface area contributed by atoms with E-state index in [-0.39, 0.29) is 6.04 Å². The maximum absolute atomic E-state index is 11.7. The van der Waals surface area contributed by atoms with Crippen LogP contribution >= 0.6 is 0 Å². The summed E-state index contributed by atoms with van der Waals surface area (Å²) in [5, 5.41) is 3.52. The lowest BCUT2D eigenvalue weighted by molar-refractivity contribution is 0.0747. The zero-order valence-electron chi connectivity index (χ0n) is 13.4. The summed E-state index contributed by atoms with van der Waals surface area (Å²) in [6.07, 6.45) is 3.82. The average Bonchev–Trinajstić information content (AvgIpc) is 2.31. The molecule has 1 saturated heterocycles. The van der Waals surface area contributed by atoms with Gasteiger partial charge in [0.2, 0.25) is 0 Å². The van der Waals surface area contributed by atoms with Gasteiger partial charge in [0.1, 0.15) is 0 Å². The van der Waals surface area contributed by atoms with Gasteiger partial charge in [-0.05, 0) is 38.1 Å². The molecule has 0 spiro atoms. The number of nitrogens with one attached hydrogen (secondary N) is 1. The molecule has 1 aliphatic carbocycles. The second-order valence-corrected chi connectivity index (χ2v) is 9.59. The standard InChI is InChI=1S/C15H30N2O2S/c1-12-11-20(18,19)9-8-17(12)10-13-6-5-7-15(2,3)14(13)16-4/h12-14,16H,5-11H2,1-4H3. The van der Waals surface area contributed by atoms with Crippen LogP contribution in [0.4, 0.5) is 0 Å². The van der Waals surface area contributed by atoms with E-state index in [1.165, 1.54) is 19.3 Å². The molecule has 20 heavy (non-hydrogen) atoms. The second kappa shape index (κ2) is 5.93. The Morgan fingerprint density at radius 3 is 2.65 bits per heavy atom. The highest BCUT2D eigenvalue weighted by atomic mass is 32.2. The summed E-state index contributed by atoms with van der Waals surface area (Å²) in [5.74, 6) is 1.29. The van der Waals surface area contributed by atoms with Gasteiger partial charge in [-0.2, -0.15) is 0 Å². The van der Waals surface area contributed by atoms with Gasteiger partial charge in [0.25, 0.3) is 0 Å². The second-order valence-electron chi connectivity index (χ2n) is 7.37. The van der Waals surface area contributed by atoms with Crippen LogP contribution in [0, 0.1) is 11.3 Å². The minimum Gasteiger partial charge on any atom is -0.316 e. The Bertz CT molecular complexity index is 433. The average molecular weight is 302 g/mol. The molecule has 1 aliphatic heterocycles. The lowest BCUT2D eigenvalue weighted by Crippen LogP contribution is -2.55. The maximum Gasteiger partial charge on any atom is 0.153 e. The van der Waals surface area contributed by atoms with Crippen LogP contribution in [-0.2, 0) is 9.84 Å². The molecule has 3 unspecified atom stereocenters. The summed E-state index contributed by atoms with van der Waals surface area (Å²) >= 11 is 0. The van der Waals surface area contributed by atoms with Crippen LogP contribution in [0.3, 0.4) is 0 Å². The lowest BCUT2D eigenvalue weighted by atomic mass is 9.68. The third-order valence-corrected chi connectivity index (χ3v) is 7.09. The van der Waals surface area contributed by atoms with Gasteiger partial charge in [-0.3, -0.25) is 4.90 Å². The Labute approximate surface area is 124 Å². The number of sulfone groups is 1. The predicted octanol–water partition coefficient (Wildman–Crippen LogP) is 1.52. The van der Waals surface area contributed by atoms with Crippen LogP contribution in [0.5, 0.6) is 0 Å². The van der Waals surface area contributed by atoms with Crippen molar-refractivity contribution >= 4 is 9.84 Å². The van der Waals surface area contributed by atoms with E-state index in [2.05, 4.69) is 38.0 Å². The zero-order chi connectivity index (χ0) is 15.0. The molecule has 2 fully saturated rings. The first-order valence-electron chi connectivity index (χ1n) is 7.87. The third-order valence-electron chi connectivity index (χ3n) is 5.30. The Morgan fingerprint density at radius 1 is 1.35 bits per heavy atom. The van der Waals surface area contributed by atoms with Crippen molar-refractivity contribution in [2.45, 2.75) is 52.1 Å². The molecule has 0 amide bonds. The number of nitrogens with zero attached hydrogens (tertiary/aromatic N) is 1. The van der Waals surface area contributed by atoms with Crippen molar-refractivity contribution < 1.29 is 8.42 Å². The summed E-state index contributed by atoms with van der Waals surface area (Å²) < 4.78 is 23.4. The largest absolute Gasteiger partial charge is 0.316 e. The van der Waals surface area contributed by atoms with Gasteiger partial charge >= 0.3 is 0 Å². The highest BCUT2D eigenvalue weighted by Gasteiger charge is 2.40. The first-order valence-corrected chi connectivity index (χ1v) is 9.69. The molecule has 2 aliphatic rings. The zero-order valence-corrected chi connectivity index (χ0v) is 14.2. The fourth-order valence-corrected chi connectivity index (χ4v) is 5.83. The molecule has 0 aromatic rings. The first kappa shape index (κ1) is 16.2. The van der Waals surface area contributed by atoms with Crippen molar-refractivity contribution in [2.24, 2.45) is 11.3 Å². The van der Waals surface area contributed by atoms with Crippen LogP contribution in [0.1, 0.15) is 40.0 Å². The normalized spacial score (nSPS) is 37.7. The fourth-order valence-electron chi connectivity index (χ4n) is 4.21. The van der Waals surface area contributed by atoms with E-state index in [0.29, 0.717) is 35.4 Å². The molecule has 4 nitrogen and oxygen atoms in total. The molecule has 0 radical (unpaired) electrons. The van der Waals surface area contributed by atoms with E-state index >= 15 is 0 Å². The highest BCUT2D eigenvalue weighted by molar-refractivity contribution is 7.91. The number of hydrogen-bond acceptors (Lipinski definition) is 4. The van der Waals surface area contributed by atoms with Crippen molar-refractivity contribution in [1.29, 1.82) is 0 Å². The topological polar surface area (TPSA) is 49.4 Å². The van der Waals surface area contributed by atoms with Crippen LogP contribution in [0.15, 0.2) is 0 Å². The van der Waals surface area contributed by atoms with Crippen LogP contribution in [0.2, 0.25) is 0 Å². The molecule has 0 aromatic heterocycles. The number of hydrogen-bond donors (Lipinski definition) is 1.